The van der Waals surface area contributed by atoms with Crippen LogP contribution in [-0.4, -0.2) is 47.7 Å². The van der Waals surface area contributed by atoms with Gasteiger partial charge in [-0.1, -0.05) is 5.21 Å². The van der Waals surface area contributed by atoms with Crippen LogP contribution >= 0.6 is 0 Å². The number of anilines is 1. The van der Waals surface area contributed by atoms with E-state index in [0.29, 0.717) is 23.0 Å². The highest BCUT2D eigenvalue weighted by atomic mass is 16.5. The molecule has 1 atom stereocenters. The average molecular weight is 405 g/mol. The van der Waals surface area contributed by atoms with E-state index in [9.17, 15) is 9.90 Å². The summed E-state index contributed by atoms with van der Waals surface area (Å²) >= 11 is 0. The van der Waals surface area contributed by atoms with Crippen LogP contribution in [0.4, 0.5) is 10.5 Å². The van der Waals surface area contributed by atoms with E-state index in [1.54, 1.807) is 53.9 Å². The molecule has 3 heterocycles. The van der Waals surface area contributed by atoms with E-state index in [0.717, 1.165) is 29.7 Å². The Morgan fingerprint density at radius 1 is 1.27 bits per heavy atom. The highest BCUT2D eigenvalue weighted by molar-refractivity contribution is 5.84. The van der Waals surface area contributed by atoms with Gasteiger partial charge in [-0.15, -0.1) is 5.10 Å². The molecule has 0 saturated heterocycles. The monoisotopic (exact) mass is 405 g/mol. The molecule has 0 spiro atoms. The second kappa shape index (κ2) is 7.23. The molecule has 1 saturated carbocycles. The predicted molar refractivity (Wildman–Crippen MR) is 106 cm³/mol. The molecule has 1 amide bonds. The highest BCUT2D eigenvalue weighted by Gasteiger charge is 2.32. The third-order valence-electron chi connectivity index (χ3n) is 5.10. The maximum atomic E-state index is 11.3. The zero-order valence-electron chi connectivity index (χ0n) is 16.1. The van der Waals surface area contributed by atoms with Crippen molar-refractivity contribution in [3.05, 3.63) is 66.3 Å². The topological polar surface area (TPSA) is 119 Å². The summed E-state index contributed by atoms with van der Waals surface area (Å²) in [6.45, 7) is 0. The van der Waals surface area contributed by atoms with Crippen molar-refractivity contribution >= 4 is 17.3 Å². The Morgan fingerprint density at radius 3 is 2.80 bits per heavy atom. The van der Waals surface area contributed by atoms with Crippen molar-refractivity contribution in [2.75, 3.05) is 12.4 Å². The first-order valence-corrected chi connectivity index (χ1v) is 9.50. The van der Waals surface area contributed by atoms with Crippen LogP contribution in [0.25, 0.3) is 11.2 Å². The number of nitrogens with zero attached hydrogens (tertiary/aromatic N) is 6. The molecule has 1 aliphatic rings. The minimum atomic E-state index is -0.986. The first-order valence-electron chi connectivity index (χ1n) is 9.50. The van der Waals surface area contributed by atoms with Crippen molar-refractivity contribution in [1.29, 1.82) is 0 Å². The molecule has 0 unspecified atom stereocenters. The van der Waals surface area contributed by atoms with Crippen molar-refractivity contribution in [3.8, 4) is 5.69 Å². The van der Waals surface area contributed by atoms with Gasteiger partial charge in [0, 0.05) is 11.6 Å². The molecule has 10 heteroatoms. The molecular formula is C20H19N7O3. The number of nitrogens with one attached hydrogen (secondary N) is 1. The van der Waals surface area contributed by atoms with Crippen LogP contribution in [-0.2, 0) is 4.74 Å². The maximum Gasteiger partial charge on any atom is 0.411 e. The Morgan fingerprint density at radius 2 is 2.07 bits per heavy atom. The zero-order chi connectivity index (χ0) is 20.7. The number of fused-ring (bicyclic) bond motifs is 1. The van der Waals surface area contributed by atoms with Gasteiger partial charge in [0.05, 0.1) is 54.6 Å². The number of hydrogen-bond donors (Lipinski definition) is 2. The third kappa shape index (κ3) is 3.26. The molecule has 0 aliphatic heterocycles. The molecule has 3 aromatic heterocycles. The van der Waals surface area contributed by atoms with Gasteiger partial charge in [-0.3, -0.25) is 14.7 Å². The summed E-state index contributed by atoms with van der Waals surface area (Å²) in [4.78, 5) is 20.1. The molecule has 30 heavy (non-hydrogen) atoms. The summed E-state index contributed by atoms with van der Waals surface area (Å²) in [5.41, 5.74) is 4.11. The van der Waals surface area contributed by atoms with Crippen LogP contribution in [0.1, 0.15) is 41.9 Å². The summed E-state index contributed by atoms with van der Waals surface area (Å²) in [6.07, 6.45) is 7.44. The Kier molecular flexibility index (Phi) is 4.40. The molecule has 0 bridgehead atoms. The lowest BCUT2D eigenvalue weighted by molar-refractivity contribution is 0.187. The Balaban J connectivity index is 1.45. The summed E-state index contributed by atoms with van der Waals surface area (Å²) < 4.78 is 8.01. The van der Waals surface area contributed by atoms with Crippen LogP contribution in [0.5, 0.6) is 0 Å². The lowest BCUT2D eigenvalue weighted by Crippen LogP contribution is -2.11. The zero-order valence-corrected chi connectivity index (χ0v) is 16.1. The SMILES string of the molecule is COC(=O)Nc1ccc(-n2cc([C@H](O)c3c(C4CC4)ncc4cncn34)nn2)cc1. The molecule has 1 aromatic carbocycles. The number of aliphatic hydroxyl groups excluding tert-OH is 1. The Hall–Kier alpha value is -3.79. The van der Waals surface area contributed by atoms with E-state index in [1.807, 2.05) is 4.40 Å². The first kappa shape index (κ1) is 18.3. The average Bonchev–Trinajstić information content (AvgIpc) is 3.29. The fraction of sp³-hybridized carbons (Fsp3) is 0.250. The summed E-state index contributed by atoms with van der Waals surface area (Å²) in [5, 5.41) is 22.0. The molecule has 4 aromatic rings. The van der Waals surface area contributed by atoms with Crippen LogP contribution in [0.2, 0.25) is 0 Å². The normalized spacial score (nSPS) is 14.6. The van der Waals surface area contributed by atoms with E-state index >= 15 is 0 Å². The molecule has 10 nitrogen and oxygen atoms in total. The number of aliphatic hydroxyl groups is 1. The molecule has 1 fully saturated rings. The van der Waals surface area contributed by atoms with Gasteiger partial charge in [0.2, 0.25) is 0 Å². The number of carbonyl (C=O) groups excluding carboxylic acids is 1. The lowest BCUT2D eigenvalue weighted by atomic mass is 10.1. The van der Waals surface area contributed by atoms with Gasteiger partial charge in [-0.05, 0) is 37.1 Å². The third-order valence-corrected chi connectivity index (χ3v) is 5.10. The number of amides is 1. The van der Waals surface area contributed by atoms with Crippen LogP contribution in [0.15, 0.2) is 49.2 Å². The standard InChI is InChI=1S/C20H19N7O3/c1-30-20(29)23-13-4-6-14(7-5-13)27-10-16(24-25-27)19(28)18-17(12-2-3-12)22-9-15-8-21-11-26(15)18/h4-12,19,28H,2-3H2,1H3,(H,23,29)/t19-/m0/s1. The molecular weight excluding hydrogens is 386 g/mol. The highest BCUT2D eigenvalue weighted by Crippen LogP contribution is 2.42. The smallest absolute Gasteiger partial charge is 0.411 e. The van der Waals surface area contributed by atoms with E-state index < -0.39 is 12.2 Å². The number of imidazole rings is 1. The number of aromatic nitrogens is 6. The molecule has 2 N–H and O–H groups in total. The van der Waals surface area contributed by atoms with Crippen LogP contribution < -0.4 is 5.32 Å². The second-order valence-corrected chi connectivity index (χ2v) is 7.15. The quantitative estimate of drug-likeness (QED) is 0.523. The Labute approximate surface area is 171 Å². The van der Waals surface area contributed by atoms with Crippen molar-refractivity contribution < 1.29 is 14.6 Å². The fourth-order valence-electron chi connectivity index (χ4n) is 3.41. The number of methoxy groups -OCH3 is 1. The molecule has 0 radical (unpaired) electrons. The second-order valence-electron chi connectivity index (χ2n) is 7.15. The van der Waals surface area contributed by atoms with Gasteiger partial charge in [-0.25, -0.2) is 14.5 Å². The van der Waals surface area contributed by atoms with Gasteiger partial charge >= 0.3 is 6.09 Å². The summed E-state index contributed by atoms with van der Waals surface area (Å²) in [6, 6.07) is 7.02. The minimum absolute atomic E-state index is 0.353. The molecule has 1 aliphatic carbocycles. The Bertz CT molecular complexity index is 1210. The van der Waals surface area contributed by atoms with Gasteiger partial charge in [0.25, 0.3) is 0 Å². The molecule has 5 rings (SSSR count). The lowest BCUT2D eigenvalue weighted by Gasteiger charge is -2.15. The van der Waals surface area contributed by atoms with Gasteiger partial charge in [0.15, 0.2) is 0 Å². The predicted octanol–water partition coefficient (Wildman–Crippen LogP) is 2.45. The van der Waals surface area contributed by atoms with Crippen molar-refractivity contribution in [2.45, 2.75) is 24.9 Å². The summed E-state index contributed by atoms with van der Waals surface area (Å²) in [5.74, 6) is 0.353. The number of carbonyl (C=O) groups is 1. The van der Waals surface area contributed by atoms with Crippen LogP contribution in [0.3, 0.4) is 0 Å². The van der Waals surface area contributed by atoms with Gasteiger partial charge < -0.3 is 9.84 Å². The number of hydrogen-bond acceptors (Lipinski definition) is 7. The fourth-order valence-corrected chi connectivity index (χ4v) is 3.41. The van der Waals surface area contributed by atoms with E-state index in [4.69, 9.17) is 0 Å². The van der Waals surface area contributed by atoms with Crippen molar-refractivity contribution in [3.63, 3.8) is 0 Å². The number of benzene rings is 1. The van der Waals surface area contributed by atoms with E-state index in [2.05, 4.69) is 30.3 Å². The number of ether oxygens (including phenoxy) is 1. The van der Waals surface area contributed by atoms with E-state index in [1.165, 1.54) is 7.11 Å². The summed E-state index contributed by atoms with van der Waals surface area (Å²) in [7, 11) is 1.31. The van der Waals surface area contributed by atoms with Crippen molar-refractivity contribution in [1.82, 2.24) is 29.4 Å². The van der Waals surface area contributed by atoms with Crippen molar-refractivity contribution in [2.24, 2.45) is 0 Å². The number of rotatable bonds is 5. The maximum absolute atomic E-state index is 11.3. The molecule has 152 valence electrons. The largest absolute Gasteiger partial charge is 0.453 e. The van der Waals surface area contributed by atoms with Gasteiger partial charge in [-0.2, -0.15) is 0 Å². The first-order chi connectivity index (χ1) is 14.6. The van der Waals surface area contributed by atoms with Crippen LogP contribution in [0, 0.1) is 0 Å². The minimum Gasteiger partial charge on any atom is -0.453 e. The van der Waals surface area contributed by atoms with E-state index in [-0.39, 0.29) is 0 Å². The van der Waals surface area contributed by atoms with Gasteiger partial charge in [0.1, 0.15) is 11.8 Å².